The molecule has 1 N–H and O–H groups in total. The molecule has 0 atom stereocenters. The van der Waals surface area contributed by atoms with Crippen LogP contribution in [0.2, 0.25) is 0 Å². The summed E-state index contributed by atoms with van der Waals surface area (Å²) in [5, 5.41) is 13.3. The van der Waals surface area contributed by atoms with Gasteiger partial charge in [0.15, 0.2) is 0 Å². The Morgan fingerprint density at radius 2 is 2.25 bits per heavy atom. The molecule has 0 spiro atoms. The first-order valence-corrected chi connectivity index (χ1v) is 7.30. The van der Waals surface area contributed by atoms with Gasteiger partial charge in [0.25, 0.3) is 0 Å². The number of carboxylic acids is 1. The Morgan fingerprint density at radius 3 is 2.95 bits per heavy atom. The maximum atomic E-state index is 11.1. The van der Waals surface area contributed by atoms with E-state index >= 15 is 0 Å². The van der Waals surface area contributed by atoms with Crippen LogP contribution in [-0.4, -0.2) is 20.6 Å². The Kier molecular flexibility index (Phi) is 3.28. The van der Waals surface area contributed by atoms with Gasteiger partial charge in [-0.3, -0.25) is 0 Å². The molecule has 2 aromatic heterocycles. The van der Waals surface area contributed by atoms with Gasteiger partial charge in [-0.1, -0.05) is 0 Å². The molecule has 0 aliphatic rings. The van der Waals surface area contributed by atoms with E-state index in [9.17, 15) is 4.79 Å². The quantitative estimate of drug-likeness (QED) is 0.800. The van der Waals surface area contributed by atoms with Crippen LogP contribution < -0.4 is 0 Å². The average molecular weight is 286 g/mol. The topological polar surface area (TPSA) is 55.1 Å². The van der Waals surface area contributed by atoms with Crippen molar-refractivity contribution in [2.45, 2.75) is 19.9 Å². The van der Waals surface area contributed by atoms with E-state index < -0.39 is 5.97 Å². The van der Waals surface area contributed by atoms with E-state index in [1.165, 1.54) is 5.56 Å². The largest absolute Gasteiger partial charge is 0.478 e. The normalized spacial score (nSPS) is 11.1. The molecule has 0 aliphatic heterocycles. The summed E-state index contributed by atoms with van der Waals surface area (Å²) in [6.45, 7) is 2.76. The molecule has 0 saturated heterocycles. The minimum atomic E-state index is -0.907. The van der Waals surface area contributed by atoms with Crippen LogP contribution in [0.15, 0.2) is 35.0 Å². The molecule has 0 saturated carbocycles. The predicted octanol–water partition coefficient (Wildman–Crippen LogP) is 3.35. The Labute approximate surface area is 120 Å². The van der Waals surface area contributed by atoms with Crippen LogP contribution >= 0.6 is 11.3 Å². The smallest absolute Gasteiger partial charge is 0.335 e. The molecule has 0 aliphatic carbocycles. The Hall–Kier alpha value is -2.14. The van der Waals surface area contributed by atoms with Gasteiger partial charge in [0.1, 0.15) is 5.82 Å². The van der Waals surface area contributed by atoms with Crippen LogP contribution in [0, 0.1) is 6.92 Å². The molecule has 3 rings (SSSR count). The van der Waals surface area contributed by atoms with E-state index in [1.807, 2.05) is 6.92 Å². The molecule has 20 heavy (non-hydrogen) atoms. The number of aromatic carboxylic acids is 1. The van der Waals surface area contributed by atoms with Crippen molar-refractivity contribution >= 4 is 28.3 Å². The van der Waals surface area contributed by atoms with Crippen LogP contribution in [0.1, 0.15) is 21.7 Å². The number of rotatable bonds is 4. The molecule has 5 heteroatoms. The number of carbonyl (C=O) groups is 1. The summed E-state index contributed by atoms with van der Waals surface area (Å²) in [4.78, 5) is 15.6. The fraction of sp³-hybridized carbons (Fsp3) is 0.200. The zero-order valence-electron chi connectivity index (χ0n) is 11.0. The number of hydrogen-bond acceptors (Lipinski definition) is 3. The zero-order valence-corrected chi connectivity index (χ0v) is 11.9. The summed E-state index contributed by atoms with van der Waals surface area (Å²) in [6, 6.07) is 7.18. The molecule has 1 aromatic carbocycles. The number of aromatic nitrogens is 2. The lowest BCUT2D eigenvalue weighted by atomic mass is 10.2. The van der Waals surface area contributed by atoms with Gasteiger partial charge in [0, 0.05) is 6.54 Å². The lowest BCUT2D eigenvalue weighted by Crippen LogP contribution is -2.04. The first kappa shape index (κ1) is 12.9. The predicted molar refractivity (Wildman–Crippen MR) is 79.5 cm³/mol. The first-order chi connectivity index (χ1) is 9.65. The average Bonchev–Trinajstić information content (AvgIpc) is 3.02. The van der Waals surface area contributed by atoms with Crippen molar-refractivity contribution in [3.63, 3.8) is 0 Å². The third-order valence-electron chi connectivity index (χ3n) is 3.39. The van der Waals surface area contributed by atoms with Crippen molar-refractivity contribution < 1.29 is 9.90 Å². The highest BCUT2D eigenvalue weighted by atomic mass is 32.1. The van der Waals surface area contributed by atoms with Crippen LogP contribution in [0.5, 0.6) is 0 Å². The number of nitrogens with zero attached hydrogens (tertiary/aromatic N) is 2. The summed E-state index contributed by atoms with van der Waals surface area (Å²) in [5.41, 5.74) is 3.33. The van der Waals surface area contributed by atoms with E-state index in [2.05, 4.69) is 26.4 Å². The Morgan fingerprint density at radius 1 is 1.40 bits per heavy atom. The van der Waals surface area contributed by atoms with E-state index in [1.54, 1.807) is 29.5 Å². The lowest BCUT2D eigenvalue weighted by molar-refractivity contribution is 0.0697. The van der Waals surface area contributed by atoms with Gasteiger partial charge in [-0.25, -0.2) is 9.78 Å². The maximum absolute atomic E-state index is 11.1. The number of fused-ring (bicyclic) bond motifs is 1. The number of hydrogen-bond donors (Lipinski definition) is 1. The number of benzene rings is 1. The summed E-state index contributed by atoms with van der Waals surface area (Å²) >= 11 is 1.69. The minimum absolute atomic E-state index is 0.300. The molecule has 0 amide bonds. The second-order valence-electron chi connectivity index (χ2n) is 4.70. The lowest BCUT2D eigenvalue weighted by Gasteiger charge is -2.06. The molecule has 0 fully saturated rings. The number of thiophene rings is 1. The van der Waals surface area contributed by atoms with Gasteiger partial charge in [-0.15, -0.1) is 0 Å². The van der Waals surface area contributed by atoms with Crippen LogP contribution in [0.4, 0.5) is 0 Å². The molecule has 0 radical (unpaired) electrons. The van der Waals surface area contributed by atoms with Gasteiger partial charge >= 0.3 is 5.97 Å². The minimum Gasteiger partial charge on any atom is -0.478 e. The maximum Gasteiger partial charge on any atom is 0.335 e. The van der Waals surface area contributed by atoms with Crippen molar-refractivity contribution in [2.24, 2.45) is 0 Å². The number of carboxylic acid groups (broad SMARTS) is 1. The highest BCUT2D eigenvalue weighted by molar-refractivity contribution is 7.07. The van der Waals surface area contributed by atoms with Gasteiger partial charge < -0.3 is 9.67 Å². The Bertz CT molecular complexity index is 760. The van der Waals surface area contributed by atoms with Gasteiger partial charge in [0.05, 0.1) is 16.6 Å². The fourth-order valence-corrected chi connectivity index (χ4v) is 3.04. The third kappa shape index (κ3) is 2.32. The van der Waals surface area contributed by atoms with Crippen LogP contribution in [0.3, 0.4) is 0 Å². The number of imidazole rings is 1. The third-order valence-corrected chi connectivity index (χ3v) is 4.12. The van der Waals surface area contributed by atoms with Gasteiger partial charge in [-0.05, 0) is 53.9 Å². The molecule has 3 aromatic rings. The molecule has 0 bridgehead atoms. The van der Waals surface area contributed by atoms with Crippen molar-refractivity contribution in [1.82, 2.24) is 9.55 Å². The van der Waals surface area contributed by atoms with Crippen molar-refractivity contribution in [2.75, 3.05) is 0 Å². The standard InChI is InChI=1S/C15H14N2O2S/c1-10-16-13-3-2-12(15(18)19)8-14(13)17(10)6-4-11-5-7-20-9-11/h2-3,5,7-9H,4,6H2,1H3,(H,18,19). The van der Waals surface area contributed by atoms with E-state index in [0.717, 1.165) is 29.8 Å². The van der Waals surface area contributed by atoms with E-state index in [0.29, 0.717) is 5.56 Å². The first-order valence-electron chi connectivity index (χ1n) is 6.36. The fourth-order valence-electron chi connectivity index (χ4n) is 2.33. The van der Waals surface area contributed by atoms with Crippen molar-refractivity contribution in [3.05, 3.63) is 52.0 Å². The van der Waals surface area contributed by atoms with Gasteiger partial charge in [-0.2, -0.15) is 11.3 Å². The molecule has 2 heterocycles. The molecular weight excluding hydrogens is 272 g/mol. The van der Waals surface area contributed by atoms with Gasteiger partial charge in [0.2, 0.25) is 0 Å². The monoisotopic (exact) mass is 286 g/mol. The second kappa shape index (κ2) is 5.09. The zero-order chi connectivity index (χ0) is 14.1. The molecule has 0 unspecified atom stereocenters. The molecular formula is C15H14N2O2S. The molecule has 4 nitrogen and oxygen atoms in total. The Balaban J connectivity index is 1.97. The summed E-state index contributed by atoms with van der Waals surface area (Å²) in [5.74, 6) is 0.00732. The SMILES string of the molecule is Cc1nc2ccc(C(=O)O)cc2n1CCc1ccsc1. The van der Waals surface area contributed by atoms with Crippen molar-refractivity contribution in [1.29, 1.82) is 0 Å². The summed E-state index contributed by atoms with van der Waals surface area (Å²) in [7, 11) is 0. The van der Waals surface area contributed by atoms with E-state index in [-0.39, 0.29) is 0 Å². The number of aryl methyl sites for hydroxylation is 3. The summed E-state index contributed by atoms with van der Waals surface area (Å²) < 4.78 is 2.08. The molecule has 102 valence electrons. The summed E-state index contributed by atoms with van der Waals surface area (Å²) in [6.07, 6.45) is 0.924. The van der Waals surface area contributed by atoms with Crippen LogP contribution in [0.25, 0.3) is 11.0 Å². The second-order valence-corrected chi connectivity index (χ2v) is 5.48. The highest BCUT2D eigenvalue weighted by Gasteiger charge is 2.11. The van der Waals surface area contributed by atoms with Crippen LogP contribution in [-0.2, 0) is 13.0 Å². The highest BCUT2D eigenvalue weighted by Crippen LogP contribution is 2.19. The van der Waals surface area contributed by atoms with Crippen molar-refractivity contribution in [3.8, 4) is 0 Å². The van der Waals surface area contributed by atoms with E-state index in [4.69, 9.17) is 5.11 Å².